The number of carbonyl (C=O) groups is 1. The molecule has 84 valence electrons. The lowest BCUT2D eigenvalue weighted by Crippen LogP contribution is -2.09. The zero-order chi connectivity index (χ0) is 11.2. The number of rotatable bonds is 2. The summed E-state index contributed by atoms with van der Waals surface area (Å²) in [5.41, 5.74) is 2.15. The average Bonchev–Trinajstić information content (AvgIpc) is 2.31. The molecule has 2 rings (SSSR count). The van der Waals surface area contributed by atoms with Crippen molar-refractivity contribution in [3.8, 4) is 0 Å². The van der Waals surface area contributed by atoms with E-state index in [4.69, 9.17) is 0 Å². The van der Waals surface area contributed by atoms with Crippen LogP contribution >= 0.6 is 0 Å². The van der Waals surface area contributed by atoms with Gasteiger partial charge in [0.1, 0.15) is 0 Å². The third kappa shape index (κ3) is 3.23. The highest BCUT2D eigenvalue weighted by Crippen LogP contribution is 2.22. The summed E-state index contributed by atoms with van der Waals surface area (Å²) in [6.07, 6.45) is 7.70. The fraction of sp³-hybridized carbons (Fsp3) is 0.357. The third-order valence-electron chi connectivity index (χ3n) is 2.87. The first-order valence-electron chi connectivity index (χ1n) is 5.90. The molecule has 0 heterocycles. The van der Waals surface area contributed by atoms with Gasteiger partial charge in [0.2, 0.25) is 5.91 Å². The smallest absolute Gasteiger partial charge is 0.248 e. The number of amides is 1. The molecule has 0 unspecified atom stereocenters. The van der Waals surface area contributed by atoms with Crippen molar-refractivity contribution in [1.82, 2.24) is 0 Å². The maximum Gasteiger partial charge on any atom is 0.248 e. The van der Waals surface area contributed by atoms with Gasteiger partial charge in [-0.15, -0.1) is 0 Å². The zero-order valence-corrected chi connectivity index (χ0v) is 9.41. The van der Waals surface area contributed by atoms with E-state index in [9.17, 15) is 4.79 Å². The molecule has 0 radical (unpaired) electrons. The Morgan fingerprint density at radius 1 is 1.06 bits per heavy atom. The van der Waals surface area contributed by atoms with E-state index in [0.29, 0.717) is 0 Å². The molecule has 0 aromatic heterocycles. The fourth-order valence-electron chi connectivity index (χ4n) is 2.04. The minimum Gasteiger partial charge on any atom is -0.323 e. The number of carbonyl (C=O) groups excluding carboxylic acids is 1. The van der Waals surface area contributed by atoms with Gasteiger partial charge in [0.25, 0.3) is 0 Å². The van der Waals surface area contributed by atoms with Gasteiger partial charge in [-0.25, -0.2) is 0 Å². The van der Waals surface area contributed by atoms with Gasteiger partial charge in [0.05, 0.1) is 0 Å². The first-order chi connectivity index (χ1) is 7.84. The molecule has 1 saturated carbocycles. The molecule has 0 spiro atoms. The summed E-state index contributed by atoms with van der Waals surface area (Å²) in [4.78, 5) is 11.7. The Kier molecular flexibility index (Phi) is 3.76. The fourth-order valence-corrected chi connectivity index (χ4v) is 2.04. The minimum atomic E-state index is 0.00287. The van der Waals surface area contributed by atoms with Crippen LogP contribution < -0.4 is 5.32 Å². The van der Waals surface area contributed by atoms with E-state index in [-0.39, 0.29) is 5.91 Å². The van der Waals surface area contributed by atoms with Crippen LogP contribution in [-0.4, -0.2) is 5.91 Å². The first-order valence-corrected chi connectivity index (χ1v) is 5.90. The molecule has 1 aromatic rings. The summed E-state index contributed by atoms with van der Waals surface area (Å²) < 4.78 is 0. The number of hydrogen-bond acceptors (Lipinski definition) is 1. The highest BCUT2D eigenvalue weighted by molar-refractivity contribution is 5.99. The Morgan fingerprint density at radius 3 is 2.44 bits per heavy atom. The van der Waals surface area contributed by atoms with Crippen molar-refractivity contribution >= 4 is 11.6 Å². The molecule has 1 N–H and O–H groups in total. The van der Waals surface area contributed by atoms with Gasteiger partial charge in [-0.05, 0) is 37.8 Å². The van der Waals surface area contributed by atoms with Gasteiger partial charge in [-0.1, -0.05) is 30.2 Å². The number of allylic oxidation sites excluding steroid dienone is 1. The predicted molar refractivity (Wildman–Crippen MR) is 66.2 cm³/mol. The van der Waals surface area contributed by atoms with Crippen LogP contribution in [0.1, 0.15) is 32.1 Å². The van der Waals surface area contributed by atoms with Crippen molar-refractivity contribution < 1.29 is 4.79 Å². The largest absolute Gasteiger partial charge is 0.323 e. The lowest BCUT2D eigenvalue weighted by molar-refractivity contribution is -0.112. The van der Waals surface area contributed by atoms with Crippen LogP contribution in [-0.2, 0) is 4.79 Å². The molecule has 1 aromatic carbocycles. The van der Waals surface area contributed by atoms with Gasteiger partial charge in [-0.3, -0.25) is 4.79 Å². The summed E-state index contributed by atoms with van der Waals surface area (Å²) in [5.74, 6) is 0.00287. The van der Waals surface area contributed by atoms with Crippen molar-refractivity contribution in [3.05, 3.63) is 42.0 Å². The Labute approximate surface area is 96.4 Å². The highest BCUT2D eigenvalue weighted by atomic mass is 16.1. The normalized spacial score (nSPS) is 15.6. The van der Waals surface area contributed by atoms with Crippen LogP contribution in [0.5, 0.6) is 0 Å². The van der Waals surface area contributed by atoms with Gasteiger partial charge >= 0.3 is 0 Å². The Bertz CT molecular complexity index is 373. The number of hydrogen-bond donors (Lipinski definition) is 1. The maximum atomic E-state index is 11.7. The molecular formula is C14H17NO. The van der Waals surface area contributed by atoms with Gasteiger partial charge in [0, 0.05) is 11.8 Å². The summed E-state index contributed by atoms with van der Waals surface area (Å²) in [5, 5.41) is 2.87. The SMILES string of the molecule is O=C(C=C1CCCCC1)Nc1ccccc1. The van der Waals surface area contributed by atoms with E-state index in [2.05, 4.69) is 5.32 Å². The molecule has 0 bridgehead atoms. The first kappa shape index (κ1) is 10.9. The lowest BCUT2D eigenvalue weighted by atomic mass is 9.94. The molecule has 1 aliphatic rings. The van der Waals surface area contributed by atoms with Gasteiger partial charge in [0.15, 0.2) is 0 Å². The monoisotopic (exact) mass is 215 g/mol. The summed E-state index contributed by atoms with van der Waals surface area (Å²) >= 11 is 0. The molecule has 1 aliphatic carbocycles. The van der Waals surface area contributed by atoms with Crippen LogP contribution in [0.25, 0.3) is 0 Å². The Morgan fingerprint density at radius 2 is 1.75 bits per heavy atom. The number of anilines is 1. The van der Waals surface area contributed by atoms with Crippen LogP contribution in [0, 0.1) is 0 Å². The second-order valence-corrected chi connectivity index (χ2v) is 4.22. The van der Waals surface area contributed by atoms with Gasteiger partial charge < -0.3 is 5.32 Å². The highest BCUT2D eigenvalue weighted by Gasteiger charge is 2.07. The molecule has 2 nitrogen and oxygen atoms in total. The zero-order valence-electron chi connectivity index (χ0n) is 9.41. The molecule has 0 aliphatic heterocycles. The van der Waals surface area contributed by atoms with E-state index in [1.54, 1.807) is 6.08 Å². The minimum absolute atomic E-state index is 0.00287. The van der Waals surface area contributed by atoms with E-state index in [1.165, 1.54) is 24.8 Å². The van der Waals surface area contributed by atoms with Crippen LogP contribution in [0.15, 0.2) is 42.0 Å². The summed E-state index contributed by atoms with van der Waals surface area (Å²) in [7, 11) is 0. The van der Waals surface area contributed by atoms with Crippen molar-refractivity contribution in [2.75, 3.05) is 5.32 Å². The maximum absolute atomic E-state index is 11.7. The molecule has 1 amide bonds. The van der Waals surface area contributed by atoms with Crippen LogP contribution in [0.2, 0.25) is 0 Å². The molecular weight excluding hydrogens is 198 g/mol. The summed E-state index contributed by atoms with van der Waals surface area (Å²) in [6, 6.07) is 9.58. The number of benzene rings is 1. The molecule has 0 saturated heterocycles. The van der Waals surface area contributed by atoms with Crippen LogP contribution in [0.4, 0.5) is 5.69 Å². The second-order valence-electron chi connectivity index (χ2n) is 4.22. The molecule has 16 heavy (non-hydrogen) atoms. The van der Waals surface area contributed by atoms with Crippen molar-refractivity contribution in [2.45, 2.75) is 32.1 Å². The summed E-state index contributed by atoms with van der Waals surface area (Å²) in [6.45, 7) is 0. The Hall–Kier alpha value is -1.57. The average molecular weight is 215 g/mol. The quantitative estimate of drug-likeness (QED) is 0.751. The van der Waals surface area contributed by atoms with Crippen molar-refractivity contribution in [3.63, 3.8) is 0 Å². The molecule has 0 atom stereocenters. The molecule has 1 fully saturated rings. The van der Waals surface area contributed by atoms with Crippen LogP contribution in [0.3, 0.4) is 0 Å². The third-order valence-corrected chi connectivity index (χ3v) is 2.87. The second kappa shape index (κ2) is 5.50. The number of nitrogens with one attached hydrogen (secondary N) is 1. The van der Waals surface area contributed by atoms with Crippen molar-refractivity contribution in [1.29, 1.82) is 0 Å². The topological polar surface area (TPSA) is 29.1 Å². The molecule has 2 heteroatoms. The predicted octanol–water partition coefficient (Wildman–Crippen LogP) is 3.52. The Balaban J connectivity index is 1.93. The van der Waals surface area contributed by atoms with Gasteiger partial charge in [-0.2, -0.15) is 0 Å². The standard InChI is InChI=1S/C14H17NO/c16-14(11-12-7-3-1-4-8-12)15-13-9-5-2-6-10-13/h2,5-6,9-11H,1,3-4,7-8H2,(H,15,16). The van der Waals surface area contributed by atoms with E-state index < -0.39 is 0 Å². The van der Waals surface area contributed by atoms with E-state index >= 15 is 0 Å². The number of para-hydroxylation sites is 1. The lowest BCUT2D eigenvalue weighted by Gasteiger charge is -2.13. The van der Waals surface area contributed by atoms with Crippen molar-refractivity contribution in [2.24, 2.45) is 0 Å². The van der Waals surface area contributed by atoms with E-state index in [0.717, 1.165) is 18.5 Å². The van der Waals surface area contributed by atoms with E-state index in [1.807, 2.05) is 30.3 Å².